The van der Waals surface area contributed by atoms with E-state index in [1.165, 1.54) is 11.3 Å². The van der Waals surface area contributed by atoms with Gasteiger partial charge in [0, 0.05) is 11.1 Å². The first-order chi connectivity index (χ1) is 9.61. The molecule has 2 aromatic rings. The summed E-state index contributed by atoms with van der Waals surface area (Å²) in [5, 5.41) is 3.31. The van der Waals surface area contributed by atoms with Gasteiger partial charge < -0.3 is 5.73 Å². The van der Waals surface area contributed by atoms with Crippen LogP contribution in [0.5, 0.6) is 0 Å². The minimum absolute atomic E-state index is 0.237. The van der Waals surface area contributed by atoms with Crippen LogP contribution >= 0.6 is 11.3 Å². The second kappa shape index (κ2) is 6.28. The van der Waals surface area contributed by atoms with E-state index in [9.17, 15) is 4.79 Å². The molecule has 1 amide bonds. The SMILES string of the molecule is Cc1nc(NC(=O)c2ncccc2C#CCN)sc1C. The van der Waals surface area contributed by atoms with Gasteiger partial charge in [-0.05, 0) is 26.0 Å². The smallest absolute Gasteiger partial charge is 0.277 e. The maximum atomic E-state index is 12.2. The summed E-state index contributed by atoms with van der Waals surface area (Å²) in [5.41, 5.74) is 7.09. The molecule has 0 radical (unpaired) electrons. The second-order valence-corrected chi connectivity index (χ2v) is 5.22. The molecule has 2 heterocycles. The largest absolute Gasteiger partial charge is 0.320 e. The van der Waals surface area contributed by atoms with Crippen molar-refractivity contribution in [2.45, 2.75) is 13.8 Å². The fourth-order valence-corrected chi connectivity index (χ4v) is 2.33. The van der Waals surface area contributed by atoms with Crippen LogP contribution in [0.25, 0.3) is 0 Å². The Morgan fingerprint density at radius 2 is 2.30 bits per heavy atom. The van der Waals surface area contributed by atoms with Crippen LogP contribution in [0.15, 0.2) is 18.3 Å². The highest BCUT2D eigenvalue weighted by Gasteiger charge is 2.14. The molecule has 0 aliphatic rings. The zero-order valence-electron chi connectivity index (χ0n) is 11.2. The van der Waals surface area contributed by atoms with Gasteiger partial charge in [0.25, 0.3) is 5.91 Å². The molecule has 0 aliphatic heterocycles. The van der Waals surface area contributed by atoms with E-state index in [0.29, 0.717) is 10.7 Å². The quantitative estimate of drug-likeness (QED) is 0.824. The van der Waals surface area contributed by atoms with Gasteiger partial charge in [-0.3, -0.25) is 10.1 Å². The Bertz CT molecular complexity index is 677. The van der Waals surface area contributed by atoms with E-state index in [0.717, 1.165) is 10.6 Å². The van der Waals surface area contributed by atoms with Crippen LogP contribution < -0.4 is 11.1 Å². The molecule has 0 saturated heterocycles. The lowest BCUT2D eigenvalue weighted by Crippen LogP contribution is -2.15. The van der Waals surface area contributed by atoms with E-state index >= 15 is 0 Å². The molecule has 0 atom stereocenters. The van der Waals surface area contributed by atoms with E-state index in [1.54, 1.807) is 18.3 Å². The van der Waals surface area contributed by atoms with Crippen molar-refractivity contribution in [2.75, 3.05) is 11.9 Å². The lowest BCUT2D eigenvalue weighted by Gasteiger charge is -2.02. The van der Waals surface area contributed by atoms with Gasteiger partial charge in [-0.1, -0.05) is 11.8 Å². The van der Waals surface area contributed by atoms with Gasteiger partial charge in [-0.2, -0.15) is 0 Å². The van der Waals surface area contributed by atoms with E-state index < -0.39 is 0 Å². The number of pyridine rings is 1. The van der Waals surface area contributed by atoms with Crippen molar-refractivity contribution in [1.29, 1.82) is 0 Å². The van der Waals surface area contributed by atoms with Gasteiger partial charge >= 0.3 is 0 Å². The summed E-state index contributed by atoms with van der Waals surface area (Å²) >= 11 is 1.43. The third-order valence-electron chi connectivity index (χ3n) is 2.60. The maximum absolute atomic E-state index is 12.2. The Morgan fingerprint density at radius 1 is 1.50 bits per heavy atom. The summed E-state index contributed by atoms with van der Waals surface area (Å²) in [6.45, 7) is 4.10. The predicted octanol–water partition coefficient (Wildman–Crippen LogP) is 1.72. The van der Waals surface area contributed by atoms with Crippen LogP contribution in [0.1, 0.15) is 26.6 Å². The van der Waals surface area contributed by atoms with Crippen molar-refractivity contribution < 1.29 is 4.79 Å². The van der Waals surface area contributed by atoms with Gasteiger partial charge in [-0.15, -0.1) is 11.3 Å². The summed E-state index contributed by atoms with van der Waals surface area (Å²) < 4.78 is 0. The molecule has 0 spiro atoms. The molecule has 6 heteroatoms. The minimum atomic E-state index is -0.319. The number of carbonyl (C=O) groups is 1. The molecule has 0 saturated carbocycles. The van der Waals surface area contributed by atoms with Crippen molar-refractivity contribution >= 4 is 22.4 Å². The van der Waals surface area contributed by atoms with E-state index in [2.05, 4.69) is 27.1 Å². The summed E-state index contributed by atoms with van der Waals surface area (Å²) in [4.78, 5) is 21.6. The van der Waals surface area contributed by atoms with Crippen molar-refractivity contribution in [1.82, 2.24) is 9.97 Å². The molecular weight excluding hydrogens is 272 g/mol. The van der Waals surface area contributed by atoms with Crippen LogP contribution in [0.2, 0.25) is 0 Å². The van der Waals surface area contributed by atoms with Gasteiger partial charge in [0.05, 0.1) is 17.8 Å². The number of amides is 1. The highest BCUT2D eigenvalue weighted by atomic mass is 32.1. The molecule has 0 aromatic carbocycles. The maximum Gasteiger partial charge on any atom is 0.277 e. The Morgan fingerprint density at radius 3 is 2.95 bits per heavy atom. The second-order valence-electron chi connectivity index (χ2n) is 4.02. The standard InChI is InChI=1S/C14H14N4OS/c1-9-10(2)20-14(17-9)18-13(19)12-11(5-3-7-15)6-4-8-16-12/h4,6,8H,7,15H2,1-2H3,(H,17,18,19). The normalized spacial score (nSPS) is 9.75. The molecule has 20 heavy (non-hydrogen) atoms. The molecule has 0 aliphatic carbocycles. The first-order valence-corrected chi connectivity index (χ1v) is 6.83. The minimum Gasteiger partial charge on any atom is -0.320 e. The zero-order chi connectivity index (χ0) is 14.5. The van der Waals surface area contributed by atoms with E-state index in [4.69, 9.17) is 5.73 Å². The average Bonchev–Trinajstić information content (AvgIpc) is 2.75. The Hall–Kier alpha value is -2.23. The molecule has 0 fully saturated rings. The highest BCUT2D eigenvalue weighted by Crippen LogP contribution is 2.21. The Kier molecular flexibility index (Phi) is 4.45. The van der Waals surface area contributed by atoms with Crippen molar-refractivity contribution in [3.63, 3.8) is 0 Å². The summed E-state index contributed by atoms with van der Waals surface area (Å²) in [5.74, 6) is 5.24. The van der Waals surface area contributed by atoms with Crippen LogP contribution in [-0.4, -0.2) is 22.4 Å². The highest BCUT2D eigenvalue weighted by molar-refractivity contribution is 7.15. The zero-order valence-corrected chi connectivity index (χ0v) is 12.0. The van der Waals surface area contributed by atoms with Crippen LogP contribution in [0.4, 0.5) is 5.13 Å². The molecular formula is C14H14N4OS. The van der Waals surface area contributed by atoms with Crippen LogP contribution in [0, 0.1) is 25.7 Å². The van der Waals surface area contributed by atoms with E-state index in [1.807, 2.05) is 13.8 Å². The molecule has 2 aromatic heterocycles. The molecule has 2 rings (SSSR count). The molecule has 0 bridgehead atoms. The van der Waals surface area contributed by atoms with Gasteiger partial charge in [0.1, 0.15) is 5.69 Å². The Balaban J connectivity index is 2.25. The molecule has 102 valence electrons. The van der Waals surface area contributed by atoms with E-state index in [-0.39, 0.29) is 18.1 Å². The first-order valence-electron chi connectivity index (χ1n) is 6.01. The number of hydrogen-bond donors (Lipinski definition) is 2. The fraction of sp³-hybridized carbons (Fsp3) is 0.214. The van der Waals surface area contributed by atoms with Crippen molar-refractivity contribution in [3.8, 4) is 11.8 Å². The number of rotatable bonds is 2. The van der Waals surface area contributed by atoms with Crippen molar-refractivity contribution in [2.24, 2.45) is 5.73 Å². The van der Waals surface area contributed by atoms with Gasteiger partial charge in [0.2, 0.25) is 0 Å². The number of aryl methyl sites for hydroxylation is 2. The topological polar surface area (TPSA) is 80.9 Å². The number of hydrogen-bond acceptors (Lipinski definition) is 5. The predicted molar refractivity (Wildman–Crippen MR) is 79.7 cm³/mol. The lowest BCUT2D eigenvalue weighted by molar-refractivity contribution is 0.102. The number of anilines is 1. The molecule has 5 nitrogen and oxygen atoms in total. The monoisotopic (exact) mass is 286 g/mol. The number of thiazole rings is 1. The Labute approximate surface area is 121 Å². The third-order valence-corrected chi connectivity index (χ3v) is 3.59. The summed E-state index contributed by atoms with van der Waals surface area (Å²) in [6, 6.07) is 3.47. The average molecular weight is 286 g/mol. The number of nitrogens with one attached hydrogen (secondary N) is 1. The summed E-state index contributed by atoms with van der Waals surface area (Å²) in [6.07, 6.45) is 1.56. The first kappa shape index (κ1) is 14.2. The molecule has 3 N–H and O–H groups in total. The van der Waals surface area contributed by atoms with Crippen LogP contribution in [0.3, 0.4) is 0 Å². The summed E-state index contributed by atoms with van der Waals surface area (Å²) in [7, 11) is 0. The van der Waals surface area contributed by atoms with Gasteiger partial charge in [-0.25, -0.2) is 9.97 Å². The fourth-order valence-electron chi connectivity index (χ4n) is 1.52. The van der Waals surface area contributed by atoms with Crippen LogP contribution in [-0.2, 0) is 0 Å². The van der Waals surface area contributed by atoms with Gasteiger partial charge in [0.15, 0.2) is 5.13 Å². The number of nitrogens with two attached hydrogens (primary N) is 1. The lowest BCUT2D eigenvalue weighted by atomic mass is 10.2. The molecule has 0 unspecified atom stereocenters. The number of carbonyl (C=O) groups excluding carboxylic acids is 1. The third kappa shape index (κ3) is 3.20. The van der Waals surface area contributed by atoms with Crippen molar-refractivity contribution in [3.05, 3.63) is 40.2 Å². The number of nitrogens with zero attached hydrogens (tertiary/aromatic N) is 2. The number of aromatic nitrogens is 2.